The van der Waals surface area contributed by atoms with Gasteiger partial charge in [-0.15, -0.1) is 0 Å². The Morgan fingerprint density at radius 2 is 1.78 bits per heavy atom. The van der Waals surface area contributed by atoms with Crippen molar-refractivity contribution in [3.8, 4) is 11.5 Å². The van der Waals surface area contributed by atoms with E-state index in [1.54, 1.807) is 25.1 Å². The first kappa shape index (κ1) is 22.9. The lowest BCUT2D eigenvalue weighted by molar-refractivity contribution is -0.170. The molecule has 32 heavy (non-hydrogen) atoms. The predicted octanol–water partition coefficient (Wildman–Crippen LogP) is 2.27. The Bertz CT molecular complexity index is 964. The van der Waals surface area contributed by atoms with Crippen molar-refractivity contribution in [2.45, 2.75) is 32.2 Å². The van der Waals surface area contributed by atoms with E-state index >= 15 is 0 Å². The standard InChI is InChI=1S/C23H26N2O7/c1-4-31-22(27)20-19(24-23(28)32-14-15-8-6-5-7-9-15)21(26)25(20)13-16-10-11-17(29-2)12-18(16)30-3/h5-12,19-20H,4,13-14H2,1-3H3,(H,24,28). The van der Waals surface area contributed by atoms with E-state index in [4.69, 9.17) is 18.9 Å². The van der Waals surface area contributed by atoms with Crippen LogP contribution >= 0.6 is 0 Å². The van der Waals surface area contributed by atoms with E-state index in [0.29, 0.717) is 17.1 Å². The molecule has 1 fully saturated rings. The molecule has 9 heteroatoms. The summed E-state index contributed by atoms with van der Waals surface area (Å²) in [6.45, 7) is 1.97. The van der Waals surface area contributed by atoms with Crippen molar-refractivity contribution in [3.05, 3.63) is 59.7 Å². The van der Waals surface area contributed by atoms with E-state index in [2.05, 4.69) is 5.32 Å². The number of nitrogens with zero attached hydrogens (tertiary/aromatic N) is 1. The highest BCUT2D eigenvalue weighted by Crippen LogP contribution is 2.30. The number of amides is 2. The van der Waals surface area contributed by atoms with Crippen molar-refractivity contribution in [1.29, 1.82) is 0 Å². The molecule has 170 valence electrons. The van der Waals surface area contributed by atoms with E-state index in [-0.39, 0.29) is 19.8 Å². The molecule has 2 amide bonds. The lowest BCUT2D eigenvalue weighted by Gasteiger charge is -2.45. The number of likely N-dealkylation sites (tertiary alicyclic amines) is 1. The minimum atomic E-state index is -1.07. The van der Waals surface area contributed by atoms with Crippen LogP contribution in [0.25, 0.3) is 0 Å². The molecule has 1 saturated heterocycles. The first-order chi connectivity index (χ1) is 15.5. The monoisotopic (exact) mass is 442 g/mol. The van der Waals surface area contributed by atoms with Crippen LogP contribution in [0.1, 0.15) is 18.1 Å². The van der Waals surface area contributed by atoms with Gasteiger partial charge < -0.3 is 29.2 Å². The Kier molecular flexibility index (Phi) is 7.54. The third-order valence-electron chi connectivity index (χ3n) is 5.05. The zero-order chi connectivity index (χ0) is 23.1. The number of nitrogens with one attached hydrogen (secondary N) is 1. The van der Waals surface area contributed by atoms with Gasteiger partial charge in [-0.2, -0.15) is 0 Å². The van der Waals surface area contributed by atoms with Gasteiger partial charge in [-0.1, -0.05) is 30.3 Å². The molecule has 0 bridgehead atoms. The van der Waals surface area contributed by atoms with E-state index in [1.807, 2.05) is 30.3 Å². The minimum Gasteiger partial charge on any atom is -0.497 e. The first-order valence-electron chi connectivity index (χ1n) is 10.1. The largest absolute Gasteiger partial charge is 0.497 e. The number of ether oxygens (including phenoxy) is 4. The van der Waals surface area contributed by atoms with E-state index in [0.717, 1.165) is 5.56 Å². The Hall–Kier alpha value is -3.75. The van der Waals surface area contributed by atoms with Gasteiger partial charge in [-0.05, 0) is 24.6 Å². The molecular weight excluding hydrogens is 416 g/mol. The average Bonchev–Trinajstić information content (AvgIpc) is 2.82. The van der Waals surface area contributed by atoms with Crippen molar-refractivity contribution >= 4 is 18.0 Å². The van der Waals surface area contributed by atoms with Crippen molar-refractivity contribution in [1.82, 2.24) is 10.2 Å². The maximum absolute atomic E-state index is 12.8. The topological polar surface area (TPSA) is 103 Å². The van der Waals surface area contributed by atoms with Gasteiger partial charge in [0.15, 0.2) is 6.04 Å². The van der Waals surface area contributed by atoms with Crippen molar-refractivity contribution in [2.75, 3.05) is 20.8 Å². The molecule has 1 aliphatic heterocycles. The lowest BCUT2D eigenvalue weighted by atomic mass is 9.94. The summed E-state index contributed by atoms with van der Waals surface area (Å²) in [6.07, 6.45) is -0.789. The van der Waals surface area contributed by atoms with Crippen molar-refractivity contribution < 1.29 is 33.3 Å². The van der Waals surface area contributed by atoms with Crippen LogP contribution in [-0.4, -0.2) is 55.8 Å². The third-order valence-corrected chi connectivity index (χ3v) is 5.05. The Morgan fingerprint density at radius 1 is 1.03 bits per heavy atom. The molecule has 2 aromatic carbocycles. The Labute approximate surface area is 186 Å². The molecule has 2 aromatic rings. The van der Waals surface area contributed by atoms with Gasteiger partial charge in [0, 0.05) is 11.6 Å². The maximum Gasteiger partial charge on any atom is 0.408 e. The molecule has 0 saturated carbocycles. The van der Waals surface area contributed by atoms with Gasteiger partial charge in [0.05, 0.1) is 27.4 Å². The fourth-order valence-corrected chi connectivity index (χ4v) is 3.41. The third kappa shape index (κ3) is 5.11. The van der Waals surface area contributed by atoms with Crippen LogP contribution in [0.3, 0.4) is 0 Å². The van der Waals surface area contributed by atoms with E-state index in [9.17, 15) is 14.4 Å². The molecule has 0 radical (unpaired) electrons. The summed E-state index contributed by atoms with van der Waals surface area (Å²) in [4.78, 5) is 38.9. The number of rotatable bonds is 9. The molecule has 0 aliphatic carbocycles. The summed E-state index contributed by atoms with van der Waals surface area (Å²) in [5.74, 6) is 0.0899. The van der Waals surface area contributed by atoms with Crippen LogP contribution < -0.4 is 14.8 Å². The molecule has 1 heterocycles. The SMILES string of the molecule is CCOC(=O)C1C(NC(=O)OCc2ccccc2)C(=O)N1Cc1ccc(OC)cc1OC. The molecule has 9 nitrogen and oxygen atoms in total. The highest BCUT2D eigenvalue weighted by Gasteiger charge is 2.53. The van der Waals surface area contributed by atoms with E-state index < -0.39 is 30.1 Å². The van der Waals surface area contributed by atoms with Crippen LogP contribution in [0.2, 0.25) is 0 Å². The average molecular weight is 442 g/mol. The number of hydrogen-bond acceptors (Lipinski definition) is 7. The number of esters is 1. The maximum atomic E-state index is 12.8. The number of methoxy groups -OCH3 is 2. The second kappa shape index (κ2) is 10.5. The van der Waals surface area contributed by atoms with Crippen LogP contribution in [-0.2, 0) is 32.2 Å². The quantitative estimate of drug-likeness (QED) is 0.469. The summed E-state index contributed by atoms with van der Waals surface area (Å²) in [7, 11) is 3.05. The number of hydrogen-bond donors (Lipinski definition) is 1. The first-order valence-corrected chi connectivity index (χ1v) is 10.1. The summed E-state index contributed by atoms with van der Waals surface area (Å²) in [5, 5.41) is 2.48. The number of carbonyl (C=O) groups excluding carboxylic acids is 3. The van der Waals surface area contributed by atoms with Crippen LogP contribution in [0.5, 0.6) is 11.5 Å². The number of β-lactam (4-membered cyclic amide) rings is 1. The molecule has 3 rings (SSSR count). The predicted molar refractivity (Wildman–Crippen MR) is 114 cm³/mol. The van der Waals surface area contributed by atoms with Gasteiger partial charge >= 0.3 is 12.1 Å². The summed E-state index contributed by atoms with van der Waals surface area (Å²) < 4.78 is 20.9. The number of benzene rings is 2. The number of alkyl carbamates (subject to hydrolysis) is 1. The fourth-order valence-electron chi connectivity index (χ4n) is 3.41. The van der Waals surface area contributed by atoms with Gasteiger partial charge in [0.2, 0.25) is 5.91 Å². The summed E-state index contributed by atoms with van der Waals surface area (Å²) in [6, 6.07) is 12.3. The van der Waals surface area contributed by atoms with Gasteiger partial charge in [0.25, 0.3) is 0 Å². The highest BCUT2D eigenvalue weighted by atomic mass is 16.6. The van der Waals surface area contributed by atoms with Gasteiger partial charge in [-0.25, -0.2) is 9.59 Å². The molecule has 1 N–H and O–H groups in total. The Balaban J connectivity index is 1.69. The van der Waals surface area contributed by atoms with Gasteiger partial charge in [-0.3, -0.25) is 4.79 Å². The molecule has 0 spiro atoms. The molecular formula is C23H26N2O7. The number of carbonyl (C=O) groups is 3. The molecule has 2 unspecified atom stereocenters. The van der Waals surface area contributed by atoms with Crippen LogP contribution in [0.4, 0.5) is 4.79 Å². The van der Waals surface area contributed by atoms with Crippen molar-refractivity contribution in [3.63, 3.8) is 0 Å². The highest BCUT2D eigenvalue weighted by molar-refractivity contribution is 6.01. The van der Waals surface area contributed by atoms with Crippen LogP contribution in [0, 0.1) is 0 Å². The van der Waals surface area contributed by atoms with Crippen LogP contribution in [0.15, 0.2) is 48.5 Å². The zero-order valence-corrected chi connectivity index (χ0v) is 18.2. The summed E-state index contributed by atoms with van der Waals surface area (Å²) >= 11 is 0. The molecule has 2 atom stereocenters. The molecule has 0 aromatic heterocycles. The van der Waals surface area contributed by atoms with Crippen molar-refractivity contribution in [2.24, 2.45) is 0 Å². The normalized spacial score (nSPS) is 17.2. The minimum absolute atomic E-state index is 0.0460. The summed E-state index contributed by atoms with van der Waals surface area (Å²) in [5.41, 5.74) is 1.49. The molecule has 1 aliphatic rings. The Morgan fingerprint density at radius 3 is 2.44 bits per heavy atom. The van der Waals surface area contributed by atoms with Gasteiger partial charge in [0.1, 0.15) is 24.1 Å². The lowest BCUT2D eigenvalue weighted by Crippen LogP contribution is -2.73. The van der Waals surface area contributed by atoms with E-state index in [1.165, 1.54) is 19.1 Å². The fraction of sp³-hybridized carbons (Fsp3) is 0.348. The second-order valence-corrected chi connectivity index (χ2v) is 7.02. The smallest absolute Gasteiger partial charge is 0.408 e. The second-order valence-electron chi connectivity index (χ2n) is 7.02. The zero-order valence-electron chi connectivity index (χ0n) is 18.2.